The van der Waals surface area contributed by atoms with Crippen LogP contribution in [0.5, 0.6) is 6.01 Å². The second kappa shape index (κ2) is 15.5. The van der Waals surface area contributed by atoms with E-state index in [4.69, 9.17) is 26.1 Å². The summed E-state index contributed by atoms with van der Waals surface area (Å²) >= 11 is 0. The zero-order valence-corrected chi connectivity index (χ0v) is 34.7. The summed E-state index contributed by atoms with van der Waals surface area (Å²) in [5, 5.41) is 8.15. The predicted molar refractivity (Wildman–Crippen MR) is 232 cm³/mol. The van der Waals surface area contributed by atoms with E-state index in [1.54, 1.807) is 18.3 Å². The molecule has 3 aromatic carbocycles. The number of piperidine rings is 1. The molecule has 3 unspecified atom stereocenters. The largest absolute Gasteiger partial charge is 0.463 e. The summed E-state index contributed by atoms with van der Waals surface area (Å²) in [6, 6.07) is 16.6. The summed E-state index contributed by atoms with van der Waals surface area (Å²) in [5.74, 6) is 0.842. The van der Waals surface area contributed by atoms with Crippen molar-refractivity contribution in [2.24, 2.45) is 5.41 Å². The molecule has 63 heavy (non-hydrogen) atoms. The molecule has 5 fully saturated rings. The first-order chi connectivity index (χ1) is 30.6. The number of terminal acetylenes is 1. The van der Waals surface area contributed by atoms with Crippen LogP contribution in [0.3, 0.4) is 0 Å². The topological polar surface area (TPSA) is 153 Å². The Morgan fingerprint density at radius 1 is 0.873 bits per heavy atom. The molecule has 320 valence electrons. The van der Waals surface area contributed by atoms with Gasteiger partial charge < -0.3 is 19.9 Å². The van der Waals surface area contributed by atoms with Crippen LogP contribution < -0.4 is 20.3 Å². The van der Waals surface area contributed by atoms with Crippen LogP contribution in [0.4, 0.5) is 10.2 Å². The number of carbonyl (C=O) groups excluding carboxylic acids is 4. The van der Waals surface area contributed by atoms with Crippen LogP contribution in [0.25, 0.3) is 32.9 Å². The average Bonchev–Trinajstić information content (AvgIpc) is 3.91. The van der Waals surface area contributed by atoms with Gasteiger partial charge in [-0.3, -0.25) is 39.3 Å². The summed E-state index contributed by atoms with van der Waals surface area (Å²) in [4.78, 5) is 73.2. The third-order valence-corrected chi connectivity index (χ3v) is 13.9. The number of anilines is 1. The van der Waals surface area contributed by atoms with Gasteiger partial charge in [0.15, 0.2) is 5.82 Å². The zero-order valence-electron chi connectivity index (χ0n) is 34.7. The Bertz CT molecular complexity index is 2780. The number of rotatable bonds is 10. The highest BCUT2D eigenvalue weighted by Crippen LogP contribution is 2.47. The van der Waals surface area contributed by atoms with Crippen molar-refractivity contribution in [3.8, 4) is 29.6 Å². The van der Waals surface area contributed by atoms with Gasteiger partial charge in [0.25, 0.3) is 11.8 Å². The van der Waals surface area contributed by atoms with Crippen molar-refractivity contribution < 1.29 is 28.3 Å². The van der Waals surface area contributed by atoms with Crippen LogP contribution in [0.1, 0.15) is 70.4 Å². The van der Waals surface area contributed by atoms with E-state index in [9.17, 15) is 19.2 Å². The Balaban J connectivity index is 0.779. The molecule has 2 N–H and O–H groups in total. The van der Waals surface area contributed by atoms with Gasteiger partial charge in [0.05, 0.1) is 23.1 Å². The van der Waals surface area contributed by atoms with Gasteiger partial charge in [-0.15, -0.1) is 6.42 Å². The van der Waals surface area contributed by atoms with E-state index in [-0.39, 0.29) is 41.0 Å². The van der Waals surface area contributed by atoms with Crippen LogP contribution in [0.2, 0.25) is 0 Å². The molecule has 4 saturated heterocycles. The second-order valence-electron chi connectivity index (χ2n) is 18.1. The second-order valence-corrected chi connectivity index (χ2v) is 18.1. The molecule has 0 spiro atoms. The van der Waals surface area contributed by atoms with Gasteiger partial charge in [-0.1, -0.05) is 42.3 Å². The number of imide groups is 2. The van der Waals surface area contributed by atoms with Crippen molar-refractivity contribution in [1.29, 1.82) is 0 Å². The quantitative estimate of drug-likeness (QED) is 0.153. The van der Waals surface area contributed by atoms with Gasteiger partial charge in [0.2, 0.25) is 11.8 Å². The van der Waals surface area contributed by atoms with Crippen molar-refractivity contribution in [2.45, 2.75) is 63.2 Å². The van der Waals surface area contributed by atoms with Crippen LogP contribution >= 0.6 is 0 Å². The highest BCUT2D eigenvalue weighted by atomic mass is 19.1. The van der Waals surface area contributed by atoms with Gasteiger partial charge in [-0.25, -0.2) is 4.39 Å². The molecule has 2 bridgehead atoms. The van der Waals surface area contributed by atoms with Gasteiger partial charge in [0.1, 0.15) is 23.1 Å². The van der Waals surface area contributed by atoms with Crippen molar-refractivity contribution >= 4 is 51.1 Å². The van der Waals surface area contributed by atoms with Crippen LogP contribution in [0, 0.1) is 23.6 Å². The number of pyridine rings is 1. The Hall–Kier alpha value is -6.34. The maximum absolute atomic E-state index is 17.0. The van der Waals surface area contributed by atoms with Gasteiger partial charge in [-0.05, 0) is 61.3 Å². The number of benzene rings is 3. The molecule has 5 aromatic rings. The van der Waals surface area contributed by atoms with Gasteiger partial charge in [-0.2, -0.15) is 9.97 Å². The first kappa shape index (κ1) is 39.5. The van der Waals surface area contributed by atoms with E-state index < -0.39 is 35.5 Å². The fraction of sp³-hybridized carbons (Fsp3) is 0.396. The van der Waals surface area contributed by atoms with E-state index in [0.29, 0.717) is 53.1 Å². The SMILES string of the molecule is C#Cc1cccc2cccc(-c3ncc4c(N5CC6CCC(C5)N6)nc(OCC5(CN6CCN(Cc7ccc8c(c7)C(=O)N(C7CCC(=O)NC7=O)C8=O)CC6)CC5)nc4c3F)c12. The smallest absolute Gasteiger partial charge is 0.319 e. The molecular formula is C48H46FN9O5. The molecule has 0 radical (unpaired) electrons. The van der Waals surface area contributed by atoms with E-state index in [2.05, 4.69) is 31.3 Å². The minimum absolute atomic E-state index is 0.0629. The highest BCUT2D eigenvalue weighted by Gasteiger charge is 2.46. The molecular weight excluding hydrogens is 802 g/mol. The Kier molecular flexibility index (Phi) is 9.70. The molecule has 5 aliphatic heterocycles. The molecule has 2 aromatic heterocycles. The summed E-state index contributed by atoms with van der Waals surface area (Å²) in [5.41, 5.74) is 3.06. The lowest BCUT2D eigenvalue weighted by Crippen LogP contribution is -2.54. The number of ether oxygens (including phenoxy) is 1. The number of hydrogen-bond acceptors (Lipinski definition) is 12. The molecule has 14 nitrogen and oxygen atoms in total. The third kappa shape index (κ3) is 7.16. The molecule has 6 aliphatic rings. The maximum Gasteiger partial charge on any atom is 0.319 e. The monoisotopic (exact) mass is 847 g/mol. The summed E-state index contributed by atoms with van der Waals surface area (Å²) in [6.45, 7) is 6.74. The van der Waals surface area contributed by atoms with E-state index >= 15 is 4.39 Å². The lowest BCUT2D eigenvalue weighted by Gasteiger charge is -2.36. The lowest BCUT2D eigenvalue weighted by molar-refractivity contribution is -0.136. The number of nitrogens with one attached hydrogen (secondary N) is 2. The Morgan fingerprint density at radius 2 is 1.62 bits per heavy atom. The normalized spacial score (nSPS) is 23.3. The van der Waals surface area contributed by atoms with Crippen LogP contribution in [0.15, 0.2) is 60.8 Å². The number of fused-ring (bicyclic) bond motifs is 5. The van der Waals surface area contributed by atoms with Gasteiger partial charge >= 0.3 is 6.01 Å². The van der Waals surface area contributed by atoms with Crippen LogP contribution in [-0.2, 0) is 16.1 Å². The average molecular weight is 848 g/mol. The number of hydrogen-bond donors (Lipinski definition) is 2. The zero-order chi connectivity index (χ0) is 43.0. The Morgan fingerprint density at radius 3 is 2.37 bits per heavy atom. The molecule has 1 saturated carbocycles. The van der Waals surface area contributed by atoms with Crippen molar-refractivity contribution in [2.75, 3.05) is 57.3 Å². The van der Waals surface area contributed by atoms with E-state index in [1.807, 2.05) is 42.5 Å². The van der Waals surface area contributed by atoms with Crippen LogP contribution in [-0.4, -0.2) is 124 Å². The maximum atomic E-state index is 17.0. The molecule has 11 rings (SSSR count). The lowest BCUT2D eigenvalue weighted by atomic mass is 9.97. The number of amides is 4. The molecule has 7 heterocycles. The van der Waals surface area contributed by atoms with Crippen molar-refractivity contribution in [3.63, 3.8) is 0 Å². The fourth-order valence-corrected chi connectivity index (χ4v) is 10.3. The van der Waals surface area contributed by atoms with Crippen molar-refractivity contribution in [1.82, 2.24) is 40.3 Å². The standard InChI is InChI=1S/C48H46FN9O5/c1-2-29-5-3-6-30-7-4-8-34(39(29)30)41-40(49)42-36(22-50-41)43(57-24-31-10-11-32(25-57)51-31)54-47(53-42)63-27-48(15-16-48)26-56-19-17-55(18-20-56)23-28-9-12-33-35(21-28)46(62)58(45(33)61)37-13-14-38(59)52-44(37)60/h1,3-9,12,21-22,31-32,37,51H,10-11,13-20,23-27H2,(H,52,59,60). The number of nitrogens with zero attached hydrogens (tertiary/aromatic N) is 7. The molecule has 15 heteroatoms. The van der Waals surface area contributed by atoms with Crippen molar-refractivity contribution in [3.05, 3.63) is 88.9 Å². The van der Waals surface area contributed by atoms with Gasteiger partial charge in [0, 0.05) is 99.0 Å². The summed E-state index contributed by atoms with van der Waals surface area (Å²) in [6.07, 6.45) is 12.0. The van der Waals surface area contributed by atoms with E-state index in [1.165, 1.54) is 0 Å². The fourth-order valence-electron chi connectivity index (χ4n) is 10.3. The number of carbonyl (C=O) groups is 4. The third-order valence-electron chi connectivity index (χ3n) is 13.9. The Labute approximate surface area is 363 Å². The van der Waals surface area contributed by atoms with E-state index in [0.717, 1.165) is 92.7 Å². The minimum atomic E-state index is -0.990. The number of aromatic nitrogens is 3. The number of halogens is 1. The first-order valence-corrected chi connectivity index (χ1v) is 21.9. The number of piperazine rings is 2. The molecule has 1 aliphatic carbocycles. The first-order valence-electron chi connectivity index (χ1n) is 21.9. The molecule has 3 atom stereocenters. The summed E-state index contributed by atoms with van der Waals surface area (Å²) < 4.78 is 23.5. The summed E-state index contributed by atoms with van der Waals surface area (Å²) in [7, 11) is 0. The minimum Gasteiger partial charge on any atom is -0.463 e. The highest BCUT2D eigenvalue weighted by molar-refractivity contribution is 6.23. The predicted octanol–water partition coefficient (Wildman–Crippen LogP) is 4.28. The molecule has 4 amide bonds.